The topological polar surface area (TPSA) is 33.2 Å². The van der Waals surface area contributed by atoms with Crippen molar-refractivity contribution >= 4 is 16.7 Å². The third-order valence-corrected chi connectivity index (χ3v) is 3.51. The number of rotatable bonds is 2. The first-order valence-corrected chi connectivity index (χ1v) is 6.81. The Labute approximate surface area is 123 Å². The van der Waals surface area contributed by atoms with Crippen molar-refractivity contribution in [1.82, 2.24) is 9.88 Å². The largest absolute Gasteiger partial charge is 0.345 e. The molecule has 0 fully saturated rings. The summed E-state index contributed by atoms with van der Waals surface area (Å²) in [6.07, 6.45) is 3.65. The van der Waals surface area contributed by atoms with Crippen LogP contribution in [0.2, 0.25) is 0 Å². The minimum absolute atomic E-state index is 0.0127. The summed E-state index contributed by atoms with van der Waals surface area (Å²) in [6.45, 7) is 0. The summed E-state index contributed by atoms with van der Waals surface area (Å²) >= 11 is 0. The summed E-state index contributed by atoms with van der Waals surface area (Å²) < 4.78 is 0. The van der Waals surface area contributed by atoms with Crippen molar-refractivity contribution in [2.45, 2.75) is 0 Å². The van der Waals surface area contributed by atoms with Gasteiger partial charge in [0.25, 0.3) is 5.91 Å². The molecule has 0 N–H and O–H groups in total. The van der Waals surface area contributed by atoms with Gasteiger partial charge in [-0.2, -0.15) is 0 Å². The minimum atomic E-state index is 0.0127. The van der Waals surface area contributed by atoms with Crippen molar-refractivity contribution in [3.8, 4) is 11.1 Å². The number of pyridine rings is 1. The van der Waals surface area contributed by atoms with Crippen LogP contribution in [-0.4, -0.2) is 29.9 Å². The number of carbonyl (C=O) groups is 1. The molecule has 3 aromatic rings. The maximum atomic E-state index is 12.1. The standard InChI is InChI=1S/C18H16N2O/c1-20(2)18(21)14-6-3-5-13(11-14)16-8-4-7-15-12-19-10-9-17(15)16/h3-12H,1-2H3. The highest BCUT2D eigenvalue weighted by molar-refractivity contribution is 5.99. The highest BCUT2D eigenvalue weighted by Crippen LogP contribution is 2.28. The van der Waals surface area contributed by atoms with Gasteiger partial charge in [0.15, 0.2) is 0 Å². The summed E-state index contributed by atoms with van der Waals surface area (Å²) in [4.78, 5) is 17.9. The molecule has 0 bridgehead atoms. The van der Waals surface area contributed by atoms with E-state index in [0.29, 0.717) is 5.56 Å². The molecule has 21 heavy (non-hydrogen) atoms. The number of hydrogen-bond acceptors (Lipinski definition) is 2. The minimum Gasteiger partial charge on any atom is -0.345 e. The molecule has 0 aliphatic heterocycles. The smallest absolute Gasteiger partial charge is 0.253 e. The van der Waals surface area contributed by atoms with Crippen molar-refractivity contribution in [2.24, 2.45) is 0 Å². The molecule has 3 nitrogen and oxygen atoms in total. The molecule has 104 valence electrons. The van der Waals surface area contributed by atoms with E-state index in [-0.39, 0.29) is 5.91 Å². The average molecular weight is 276 g/mol. The number of benzene rings is 2. The van der Waals surface area contributed by atoms with Gasteiger partial charge in [-0.05, 0) is 34.7 Å². The van der Waals surface area contributed by atoms with Gasteiger partial charge in [0.1, 0.15) is 0 Å². The quantitative estimate of drug-likeness (QED) is 0.716. The van der Waals surface area contributed by atoms with Crippen LogP contribution >= 0.6 is 0 Å². The fourth-order valence-corrected chi connectivity index (χ4v) is 2.45. The Hall–Kier alpha value is -2.68. The number of amides is 1. The van der Waals surface area contributed by atoms with E-state index in [2.05, 4.69) is 11.1 Å². The van der Waals surface area contributed by atoms with Crippen molar-refractivity contribution in [2.75, 3.05) is 14.1 Å². The summed E-state index contributed by atoms with van der Waals surface area (Å²) in [5.41, 5.74) is 2.85. The van der Waals surface area contributed by atoms with Crippen LogP contribution in [0.25, 0.3) is 21.9 Å². The predicted molar refractivity (Wildman–Crippen MR) is 85.2 cm³/mol. The number of carbonyl (C=O) groups excluding carboxylic acids is 1. The lowest BCUT2D eigenvalue weighted by Crippen LogP contribution is -2.21. The van der Waals surface area contributed by atoms with E-state index >= 15 is 0 Å². The Morgan fingerprint density at radius 2 is 1.86 bits per heavy atom. The molecule has 3 heteroatoms. The van der Waals surface area contributed by atoms with E-state index in [0.717, 1.165) is 21.9 Å². The van der Waals surface area contributed by atoms with Gasteiger partial charge >= 0.3 is 0 Å². The number of fused-ring (bicyclic) bond motifs is 1. The second kappa shape index (κ2) is 5.37. The van der Waals surface area contributed by atoms with Crippen molar-refractivity contribution in [1.29, 1.82) is 0 Å². The molecule has 3 rings (SSSR count). The van der Waals surface area contributed by atoms with E-state index in [4.69, 9.17) is 0 Å². The zero-order valence-corrected chi connectivity index (χ0v) is 12.1. The maximum absolute atomic E-state index is 12.1. The Balaban J connectivity index is 2.15. The van der Waals surface area contributed by atoms with E-state index in [1.807, 2.05) is 48.7 Å². The zero-order valence-electron chi connectivity index (χ0n) is 12.1. The van der Waals surface area contributed by atoms with Gasteiger partial charge in [0, 0.05) is 37.4 Å². The molecule has 0 aliphatic rings. The first-order chi connectivity index (χ1) is 10.2. The molecule has 0 atom stereocenters. The molecule has 1 amide bonds. The van der Waals surface area contributed by atoms with E-state index < -0.39 is 0 Å². The van der Waals surface area contributed by atoms with Gasteiger partial charge in [0.05, 0.1) is 0 Å². The monoisotopic (exact) mass is 276 g/mol. The van der Waals surface area contributed by atoms with Crippen LogP contribution in [0.4, 0.5) is 0 Å². The van der Waals surface area contributed by atoms with Crippen molar-refractivity contribution in [3.05, 3.63) is 66.5 Å². The normalized spacial score (nSPS) is 10.6. The van der Waals surface area contributed by atoms with E-state index in [1.54, 1.807) is 25.2 Å². The van der Waals surface area contributed by atoms with Crippen LogP contribution in [0.3, 0.4) is 0 Å². The number of aromatic nitrogens is 1. The van der Waals surface area contributed by atoms with Gasteiger partial charge in [0.2, 0.25) is 0 Å². The first kappa shape index (κ1) is 13.3. The number of hydrogen-bond donors (Lipinski definition) is 0. The lowest BCUT2D eigenvalue weighted by atomic mass is 9.98. The van der Waals surface area contributed by atoms with Crippen molar-refractivity contribution in [3.63, 3.8) is 0 Å². The van der Waals surface area contributed by atoms with Crippen LogP contribution in [0, 0.1) is 0 Å². The average Bonchev–Trinajstić information content (AvgIpc) is 2.53. The van der Waals surface area contributed by atoms with Crippen LogP contribution in [-0.2, 0) is 0 Å². The van der Waals surface area contributed by atoms with Crippen LogP contribution in [0.15, 0.2) is 60.9 Å². The second-order valence-corrected chi connectivity index (χ2v) is 5.18. The predicted octanol–water partition coefficient (Wildman–Crippen LogP) is 3.60. The van der Waals surface area contributed by atoms with E-state index in [9.17, 15) is 4.79 Å². The number of nitrogens with zero attached hydrogens (tertiary/aromatic N) is 2. The molecule has 0 unspecified atom stereocenters. The molecule has 0 spiro atoms. The fourth-order valence-electron chi connectivity index (χ4n) is 2.45. The summed E-state index contributed by atoms with van der Waals surface area (Å²) in [7, 11) is 3.52. The zero-order chi connectivity index (χ0) is 14.8. The van der Waals surface area contributed by atoms with Crippen LogP contribution in [0.1, 0.15) is 10.4 Å². The lowest BCUT2D eigenvalue weighted by molar-refractivity contribution is 0.0827. The van der Waals surface area contributed by atoms with Gasteiger partial charge in [-0.15, -0.1) is 0 Å². The molecule has 0 saturated carbocycles. The fraction of sp³-hybridized carbons (Fsp3) is 0.111. The molecule has 2 aromatic carbocycles. The third kappa shape index (κ3) is 2.50. The van der Waals surface area contributed by atoms with E-state index in [1.165, 1.54) is 0 Å². The third-order valence-electron chi connectivity index (χ3n) is 3.51. The molecule has 0 saturated heterocycles. The van der Waals surface area contributed by atoms with Crippen LogP contribution in [0.5, 0.6) is 0 Å². The summed E-state index contributed by atoms with van der Waals surface area (Å²) in [5, 5.41) is 2.24. The summed E-state index contributed by atoms with van der Waals surface area (Å²) in [5.74, 6) is 0.0127. The van der Waals surface area contributed by atoms with Crippen molar-refractivity contribution < 1.29 is 4.79 Å². The maximum Gasteiger partial charge on any atom is 0.253 e. The van der Waals surface area contributed by atoms with Gasteiger partial charge in [-0.1, -0.05) is 30.3 Å². The summed E-state index contributed by atoms with van der Waals surface area (Å²) in [6, 6.07) is 15.9. The highest BCUT2D eigenvalue weighted by atomic mass is 16.2. The molecule has 1 aromatic heterocycles. The molecule has 0 aliphatic carbocycles. The second-order valence-electron chi connectivity index (χ2n) is 5.18. The molecule has 0 radical (unpaired) electrons. The SMILES string of the molecule is CN(C)C(=O)c1cccc(-c2cccc3cnccc23)c1. The Morgan fingerprint density at radius 1 is 1.05 bits per heavy atom. The Bertz CT molecular complexity index is 804. The first-order valence-electron chi connectivity index (χ1n) is 6.81. The molecular weight excluding hydrogens is 260 g/mol. The molecule has 1 heterocycles. The highest BCUT2D eigenvalue weighted by Gasteiger charge is 2.10. The lowest BCUT2D eigenvalue weighted by Gasteiger charge is -2.12. The van der Waals surface area contributed by atoms with Gasteiger partial charge < -0.3 is 4.90 Å². The van der Waals surface area contributed by atoms with Gasteiger partial charge in [-0.3, -0.25) is 9.78 Å². The Morgan fingerprint density at radius 3 is 2.67 bits per heavy atom. The van der Waals surface area contributed by atoms with Gasteiger partial charge in [-0.25, -0.2) is 0 Å². The molecular formula is C18H16N2O. The van der Waals surface area contributed by atoms with Crippen LogP contribution < -0.4 is 0 Å². The Kier molecular flexibility index (Phi) is 3.40.